The molecule has 0 saturated carbocycles. The molecule has 0 fully saturated rings. The normalized spacial score (nSPS) is 14.2. The van der Waals surface area contributed by atoms with Gasteiger partial charge in [-0.15, -0.1) is 0 Å². The van der Waals surface area contributed by atoms with Crippen LogP contribution in [0.4, 0.5) is 4.39 Å². The van der Waals surface area contributed by atoms with Gasteiger partial charge in [0.25, 0.3) is 0 Å². The van der Waals surface area contributed by atoms with E-state index in [1.807, 2.05) is 6.07 Å². The zero-order chi connectivity index (χ0) is 10.3. The Morgan fingerprint density at radius 3 is 3.07 bits per heavy atom. The molecule has 0 spiro atoms. The molecule has 4 heteroatoms. The topological polar surface area (TPSA) is 40.7 Å². The van der Waals surface area contributed by atoms with Crippen molar-refractivity contribution in [3.05, 3.63) is 41.3 Å². The molecule has 2 heterocycles. The van der Waals surface area contributed by atoms with Crippen LogP contribution in [-0.4, -0.2) is 10.2 Å². The predicted octanol–water partition coefficient (Wildman–Crippen LogP) is 1.82. The summed E-state index contributed by atoms with van der Waals surface area (Å²) < 4.78 is 13.1. The highest BCUT2D eigenvalue weighted by Gasteiger charge is 2.18. The van der Waals surface area contributed by atoms with Crippen molar-refractivity contribution in [2.24, 2.45) is 0 Å². The van der Waals surface area contributed by atoms with Crippen LogP contribution in [-0.2, 0) is 13.1 Å². The van der Waals surface area contributed by atoms with E-state index in [0.717, 1.165) is 35.6 Å². The molecule has 0 aliphatic carbocycles. The van der Waals surface area contributed by atoms with E-state index >= 15 is 0 Å². The van der Waals surface area contributed by atoms with Gasteiger partial charge in [0.05, 0.1) is 11.4 Å². The van der Waals surface area contributed by atoms with Gasteiger partial charge in [0, 0.05) is 24.2 Å². The third-order valence-corrected chi connectivity index (χ3v) is 2.65. The van der Waals surface area contributed by atoms with Crippen LogP contribution >= 0.6 is 0 Å². The summed E-state index contributed by atoms with van der Waals surface area (Å²) >= 11 is 0. The number of nitrogens with zero attached hydrogens (tertiary/aromatic N) is 1. The van der Waals surface area contributed by atoms with Crippen LogP contribution < -0.4 is 5.32 Å². The van der Waals surface area contributed by atoms with Gasteiger partial charge >= 0.3 is 0 Å². The minimum Gasteiger partial charge on any atom is -0.307 e. The fourth-order valence-electron chi connectivity index (χ4n) is 1.92. The summed E-state index contributed by atoms with van der Waals surface area (Å²) in [6.07, 6.45) is 0. The number of fused-ring (bicyclic) bond motifs is 1. The van der Waals surface area contributed by atoms with Crippen LogP contribution in [0.25, 0.3) is 11.3 Å². The van der Waals surface area contributed by atoms with Crippen molar-refractivity contribution < 1.29 is 4.39 Å². The molecule has 0 saturated heterocycles. The first kappa shape index (κ1) is 8.61. The van der Waals surface area contributed by atoms with Crippen LogP contribution in [0, 0.1) is 5.82 Å². The zero-order valence-electron chi connectivity index (χ0n) is 8.05. The van der Waals surface area contributed by atoms with Crippen molar-refractivity contribution in [1.29, 1.82) is 0 Å². The molecule has 3 nitrogen and oxygen atoms in total. The van der Waals surface area contributed by atoms with Gasteiger partial charge < -0.3 is 5.32 Å². The number of rotatable bonds is 1. The van der Waals surface area contributed by atoms with Crippen LogP contribution in [0.15, 0.2) is 24.3 Å². The first-order valence-electron chi connectivity index (χ1n) is 4.87. The molecule has 0 atom stereocenters. The van der Waals surface area contributed by atoms with Crippen molar-refractivity contribution in [2.45, 2.75) is 13.1 Å². The van der Waals surface area contributed by atoms with Crippen molar-refractivity contribution in [3.63, 3.8) is 0 Å². The molecule has 2 N–H and O–H groups in total. The summed E-state index contributed by atoms with van der Waals surface area (Å²) in [7, 11) is 0. The number of hydrogen-bond acceptors (Lipinski definition) is 2. The van der Waals surface area contributed by atoms with Crippen LogP contribution in [0.2, 0.25) is 0 Å². The summed E-state index contributed by atoms with van der Waals surface area (Å²) in [4.78, 5) is 0. The fraction of sp³-hybridized carbons (Fsp3) is 0.182. The number of halogens is 1. The van der Waals surface area contributed by atoms with Gasteiger partial charge in [-0.2, -0.15) is 5.10 Å². The molecule has 2 aromatic rings. The Labute approximate surface area is 86.3 Å². The van der Waals surface area contributed by atoms with Crippen molar-refractivity contribution in [1.82, 2.24) is 15.5 Å². The van der Waals surface area contributed by atoms with E-state index in [0.29, 0.717) is 0 Å². The smallest absolute Gasteiger partial charge is 0.123 e. The molecule has 0 amide bonds. The maximum atomic E-state index is 13.1. The summed E-state index contributed by atoms with van der Waals surface area (Å²) in [6.45, 7) is 1.62. The van der Waals surface area contributed by atoms with Gasteiger partial charge in [-0.3, -0.25) is 5.10 Å². The number of aromatic amines is 1. The molecule has 15 heavy (non-hydrogen) atoms. The lowest BCUT2D eigenvalue weighted by Crippen LogP contribution is -2.02. The van der Waals surface area contributed by atoms with Gasteiger partial charge in [0.15, 0.2) is 0 Å². The van der Waals surface area contributed by atoms with E-state index in [1.165, 1.54) is 12.1 Å². The standard InChI is InChI=1S/C11H10FN3/c12-8-3-1-2-7(4-8)11-9-5-13-6-10(9)14-15-11/h1-4,13H,5-6H2,(H,14,15). The molecule has 3 rings (SSSR count). The van der Waals surface area contributed by atoms with Gasteiger partial charge in [-0.05, 0) is 12.1 Å². The van der Waals surface area contributed by atoms with Crippen molar-refractivity contribution in [3.8, 4) is 11.3 Å². The highest BCUT2D eigenvalue weighted by atomic mass is 19.1. The summed E-state index contributed by atoms with van der Waals surface area (Å²) in [5.41, 5.74) is 3.94. The lowest BCUT2D eigenvalue weighted by atomic mass is 10.1. The molecule has 1 aliphatic heterocycles. The highest BCUT2D eigenvalue weighted by Crippen LogP contribution is 2.26. The molecule has 1 aromatic carbocycles. The molecule has 76 valence electrons. The number of aromatic nitrogens is 2. The minimum absolute atomic E-state index is 0.227. The highest BCUT2D eigenvalue weighted by molar-refractivity contribution is 5.64. The molecule has 1 aliphatic rings. The van der Waals surface area contributed by atoms with E-state index in [9.17, 15) is 4.39 Å². The van der Waals surface area contributed by atoms with E-state index in [4.69, 9.17) is 0 Å². The quantitative estimate of drug-likeness (QED) is 0.742. The Hall–Kier alpha value is -1.68. The second kappa shape index (κ2) is 3.17. The number of H-pyrrole nitrogens is 1. The Morgan fingerprint density at radius 2 is 2.20 bits per heavy atom. The number of nitrogens with one attached hydrogen (secondary N) is 2. The van der Waals surface area contributed by atoms with E-state index in [1.54, 1.807) is 6.07 Å². The molecule has 0 bridgehead atoms. The molecule has 0 radical (unpaired) electrons. The molecule has 0 unspecified atom stereocenters. The summed E-state index contributed by atoms with van der Waals surface area (Å²) in [5, 5.41) is 10.4. The fourth-order valence-corrected chi connectivity index (χ4v) is 1.92. The monoisotopic (exact) mass is 203 g/mol. The minimum atomic E-state index is -0.227. The molecule has 1 aromatic heterocycles. The first-order chi connectivity index (χ1) is 7.34. The van der Waals surface area contributed by atoms with Crippen molar-refractivity contribution >= 4 is 0 Å². The SMILES string of the molecule is Fc1cccc(-c2n[nH]c3c2CNC3)c1. The summed E-state index contributed by atoms with van der Waals surface area (Å²) in [6, 6.07) is 6.52. The lowest BCUT2D eigenvalue weighted by Gasteiger charge is -1.99. The Morgan fingerprint density at radius 1 is 1.27 bits per heavy atom. The number of hydrogen-bond donors (Lipinski definition) is 2. The van der Waals surface area contributed by atoms with Crippen LogP contribution in [0.5, 0.6) is 0 Å². The first-order valence-corrected chi connectivity index (χ1v) is 4.87. The largest absolute Gasteiger partial charge is 0.307 e. The average molecular weight is 203 g/mol. The predicted molar refractivity (Wildman–Crippen MR) is 54.5 cm³/mol. The van der Waals surface area contributed by atoms with E-state index in [2.05, 4.69) is 15.5 Å². The Bertz CT molecular complexity index is 504. The maximum Gasteiger partial charge on any atom is 0.123 e. The van der Waals surface area contributed by atoms with Gasteiger partial charge in [0.1, 0.15) is 5.82 Å². The van der Waals surface area contributed by atoms with Gasteiger partial charge in [0.2, 0.25) is 0 Å². The van der Waals surface area contributed by atoms with Gasteiger partial charge in [-0.1, -0.05) is 12.1 Å². The lowest BCUT2D eigenvalue weighted by molar-refractivity contribution is 0.628. The number of benzene rings is 1. The summed E-state index contributed by atoms with van der Waals surface area (Å²) in [5.74, 6) is -0.227. The third-order valence-electron chi connectivity index (χ3n) is 2.65. The van der Waals surface area contributed by atoms with E-state index in [-0.39, 0.29) is 5.82 Å². The average Bonchev–Trinajstić information content (AvgIpc) is 2.77. The van der Waals surface area contributed by atoms with Gasteiger partial charge in [-0.25, -0.2) is 4.39 Å². The van der Waals surface area contributed by atoms with Crippen LogP contribution in [0.1, 0.15) is 11.3 Å². The Balaban J connectivity index is 2.13. The third kappa shape index (κ3) is 1.34. The molecular weight excluding hydrogens is 193 g/mol. The van der Waals surface area contributed by atoms with Crippen molar-refractivity contribution in [2.75, 3.05) is 0 Å². The second-order valence-electron chi connectivity index (χ2n) is 3.64. The maximum absolute atomic E-state index is 13.1. The molecular formula is C11H10FN3. The van der Waals surface area contributed by atoms with Crippen LogP contribution in [0.3, 0.4) is 0 Å². The zero-order valence-corrected chi connectivity index (χ0v) is 8.05. The van der Waals surface area contributed by atoms with E-state index < -0.39 is 0 Å². The Kier molecular flexibility index (Phi) is 1.82. The second-order valence-corrected chi connectivity index (χ2v) is 3.64.